The van der Waals surface area contributed by atoms with E-state index in [2.05, 4.69) is 24.1 Å². The number of rotatable bonds is 4. The molecule has 1 aliphatic heterocycles. The summed E-state index contributed by atoms with van der Waals surface area (Å²) >= 11 is 0. The van der Waals surface area contributed by atoms with E-state index in [4.69, 9.17) is 5.11 Å². The van der Waals surface area contributed by atoms with Crippen LogP contribution < -0.4 is 5.32 Å². The van der Waals surface area contributed by atoms with E-state index in [0.717, 1.165) is 26.1 Å². The Kier molecular flexibility index (Phi) is 4.70. The smallest absolute Gasteiger partial charge is 0.0446 e. The molecule has 1 rings (SSSR count). The van der Waals surface area contributed by atoms with Crippen molar-refractivity contribution in [2.75, 3.05) is 26.2 Å². The molecule has 1 aliphatic rings. The monoisotopic (exact) mass is 186 g/mol. The molecule has 0 bridgehead atoms. The highest BCUT2D eigenvalue weighted by Crippen LogP contribution is 2.13. The van der Waals surface area contributed by atoms with Crippen LogP contribution >= 0.6 is 0 Å². The second-order valence-electron chi connectivity index (χ2n) is 3.87. The lowest BCUT2D eigenvalue weighted by Gasteiger charge is -2.39. The summed E-state index contributed by atoms with van der Waals surface area (Å²) in [5.74, 6) is 0. The van der Waals surface area contributed by atoms with Crippen molar-refractivity contribution >= 4 is 0 Å². The summed E-state index contributed by atoms with van der Waals surface area (Å²) in [5.41, 5.74) is 0. The Bertz CT molecular complexity index is 139. The third-order valence-electron chi connectivity index (χ3n) is 3.02. The van der Waals surface area contributed by atoms with Gasteiger partial charge in [-0.2, -0.15) is 0 Å². The first-order valence-electron chi connectivity index (χ1n) is 5.37. The van der Waals surface area contributed by atoms with Crippen LogP contribution in [0.5, 0.6) is 0 Å². The van der Waals surface area contributed by atoms with Crippen LogP contribution in [0.25, 0.3) is 0 Å². The van der Waals surface area contributed by atoms with Gasteiger partial charge in [0, 0.05) is 38.3 Å². The summed E-state index contributed by atoms with van der Waals surface area (Å²) in [5, 5.41) is 12.3. The number of nitrogens with one attached hydrogen (secondary N) is 1. The van der Waals surface area contributed by atoms with Crippen LogP contribution in [0.2, 0.25) is 0 Å². The Morgan fingerprint density at radius 2 is 2.38 bits per heavy atom. The highest BCUT2D eigenvalue weighted by Gasteiger charge is 2.24. The van der Waals surface area contributed by atoms with Crippen molar-refractivity contribution in [2.45, 2.75) is 38.8 Å². The first-order valence-corrected chi connectivity index (χ1v) is 5.37. The van der Waals surface area contributed by atoms with Crippen molar-refractivity contribution in [3.8, 4) is 0 Å². The Balaban J connectivity index is 2.45. The highest BCUT2D eigenvalue weighted by atomic mass is 16.3. The quantitative estimate of drug-likeness (QED) is 0.669. The lowest BCUT2D eigenvalue weighted by molar-refractivity contribution is 0.0914. The summed E-state index contributed by atoms with van der Waals surface area (Å²) < 4.78 is 0. The van der Waals surface area contributed by atoms with Gasteiger partial charge in [-0.15, -0.1) is 0 Å². The lowest BCUT2D eigenvalue weighted by atomic mass is 10.1. The van der Waals surface area contributed by atoms with Gasteiger partial charge in [0.15, 0.2) is 0 Å². The van der Waals surface area contributed by atoms with E-state index < -0.39 is 0 Å². The van der Waals surface area contributed by atoms with Crippen LogP contribution in [0.1, 0.15) is 26.7 Å². The molecule has 78 valence electrons. The normalized spacial score (nSPS) is 27.5. The molecule has 0 aromatic rings. The van der Waals surface area contributed by atoms with E-state index in [1.54, 1.807) is 0 Å². The fourth-order valence-corrected chi connectivity index (χ4v) is 2.01. The Morgan fingerprint density at radius 1 is 1.62 bits per heavy atom. The number of nitrogens with zero attached hydrogens (tertiary/aromatic N) is 1. The molecule has 2 atom stereocenters. The minimum Gasteiger partial charge on any atom is -0.396 e. The second-order valence-corrected chi connectivity index (χ2v) is 3.87. The lowest BCUT2D eigenvalue weighted by Crippen LogP contribution is -2.54. The molecular formula is C10H22N2O. The maximum absolute atomic E-state index is 8.94. The van der Waals surface area contributed by atoms with Crippen molar-refractivity contribution in [1.82, 2.24) is 10.2 Å². The molecule has 0 aliphatic carbocycles. The molecule has 13 heavy (non-hydrogen) atoms. The van der Waals surface area contributed by atoms with Gasteiger partial charge in [-0.25, -0.2) is 0 Å². The summed E-state index contributed by atoms with van der Waals surface area (Å²) in [7, 11) is 0. The molecule has 0 saturated carbocycles. The SMILES string of the molecule is CCC(C)N1CCNCC1CCO. The zero-order valence-electron chi connectivity index (χ0n) is 8.79. The van der Waals surface area contributed by atoms with Crippen LogP contribution in [-0.2, 0) is 0 Å². The van der Waals surface area contributed by atoms with Crippen LogP contribution in [-0.4, -0.2) is 48.3 Å². The number of aliphatic hydroxyl groups excluding tert-OH is 1. The van der Waals surface area contributed by atoms with Crippen molar-refractivity contribution in [2.24, 2.45) is 0 Å². The van der Waals surface area contributed by atoms with Gasteiger partial charge in [0.1, 0.15) is 0 Å². The first-order chi connectivity index (χ1) is 6.29. The fraction of sp³-hybridized carbons (Fsp3) is 1.00. The average molecular weight is 186 g/mol. The number of piperazine rings is 1. The maximum Gasteiger partial charge on any atom is 0.0446 e. The van der Waals surface area contributed by atoms with Crippen molar-refractivity contribution in [3.63, 3.8) is 0 Å². The number of hydrogen-bond donors (Lipinski definition) is 2. The van der Waals surface area contributed by atoms with Gasteiger partial charge in [-0.3, -0.25) is 4.90 Å². The van der Waals surface area contributed by atoms with Crippen LogP contribution in [0.4, 0.5) is 0 Å². The molecule has 1 heterocycles. The van der Waals surface area contributed by atoms with Gasteiger partial charge in [0.25, 0.3) is 0 Å². The van der Waals surface area contributed by atoms with Crippen molar-refractivity contribution in [1.29, 1.82) is 0 Å². The maximum atomic E-state index is 8.94. The van der Waals surface area contributed by atoms with E-state index in [0.29, 0.717) is 18.7 Å². The van der Waals surface area contributed by atoms with Crippen LogP contribution in [0.3, 0.4) is 0 Å². The zero-order valence-corrected chi connectivity index (χ0v) is 8.79. The van der Waals surface area contributed by atoms with Gasteiger partial charge >= 0.3 is 0 Å². The van der Waals surface area contributed by atoms with Gasteiger partial charge in [0.05, 0.1) is 0 Å². The Hall–Kier alpha value is -0.120. The van der Waals surface area contributed by atoms with Gasteiger partial charge in [0.2, 0.25) is 0 Å². The molecule has 1 fully saturated rings. The average Bonchev–Trinajstić information content (AvgIpc) is 2.18. The zero-order chi connectivity index (χ0) is 9.68. The number of aliphatic hydroxyl groups is 1. The standard InChI is InChI=1S/C10H22N2O/c1-3-9(2)12-6-5-11-8-10(12)4-7-13/h9-11,13H,3-8H2,1-2H3. The van der Waals surface area contributed by atoms with E-state index in [9.17, 15) is 0 Å². The van der Waals surface area contributed by atoms with E-state index >= 15 is 0 Å². The molecule has 3 heteroatoms. The summed E-state index contributed by atoms with van der Waals surface area (Å²) in [6.07, 6.45) is 2.10. The second kappa shape index (κ2) is 5.58. The van der Waals surface area contributed by atoms with Gasteiger partial charge < -0.3 is 10.4 Å². The molecule has 1 saturated heterocycles. The number of hydrogen-bond acceptors (Lipinski definition) is 3. The summed E-state index contributed by atoms with van der Waals surface area (Å²) in [6.45, 7) is 8.05. The molecule has 2 N–H and O–H groups in total. The van der Waals surface area contributed by atoms with Gasteiger partial charge in [-0.05, 0) is 19.8 Å². The van der Waals surface area contributed by atoms with E-state index in [-0.39, 0.29) is 0 Å². The predicted molar refractivity (Wildman–Crippen MR) is 54.8 cm³/mol. The minimum atomic E-state index is 0.305. The minimum absolute atomic E-state index is 0.305. The fourth-order valence-electron chi connectivity index (χ4n) is 2.01. The van der Waals surface area contributed by atoms with Crippen LogP contribution in [0.15, 0.2) is 0 Å². The van der Waals surface area contributed by atoms with E-state index in [1.165, 1.54) is 6.42 Å². The van der Waals surface area contributed by atoms with Gasteiger partial charge in [-0.1, -0.05) is 6.92 Å². The largest absolute Gasteiger partial charge is 0.396 e. The van der Waals surface area contributed by atoms with E-state index in [1.807, 2.05) is 0 Å². The summed E-state index contributed by atoms with van der Waals surface area (Å²) in [4.78, 5) is 2.52. The Morgan fingerprint density at radius 3 is 3.00 bits per heavy atom. The molecule has 0 radical (unpaired) electrons. The molecule has 0 spiro atoms. The molecule has 3 nitrogen and oxygen atoms in total. The van der Waals surface area contributed by atoms with Crippen molar-refractivity contribution in [3.05, 3.63) is 0 Å². The summed E-state index contributed by atoms with van der Waals surface area (Å²) in [6, 6.07) is 1.19. The first kappa shape index (κ1) is 11.0. The van der Waals surface area contributed by atoms with Crippen molar-refractivity contribution < 1.29 is 5.11 Å². The molecule has 0 amide bonds. The highest BCUT2D eigenvalue weighted by molar-refractivity contribution is 4.82. The molecule has 0 aromatic heterocycles. The Labute approximate surface area is 81.1 Å². The third-order valence-corrected chi connectivity index (χ3v) is 3.02. The molecule has 0 aromatic carbocycles. The van der Waals surface area contributed by atoms with Crippen LogP contribution in [0, 0.1) is 0 Å². The topological polar surface area (TPSA) is 35.5 Å². The third kappa shape index (κ3) is 2.93. The predicted octanol–water partition coefficient (Wildman–Crippen LogP) is 0.441. The molecular weight excluding hydrogens is 164 g/mol. The molecule has 2 unspecified atom stereocenters.